The van der Waals surface area contributed by atoms with E-state index in [2.05, 4.69) is 5.32 Å². The lowest BCUT2D eigenvalue weighted by atomic mass is 10.1. The molecule has 0 fully saturated rings. The van der Waals surface area contributed by atoms with E-state index in [4.69, 9.17) is 17.3 Å². The van der Waals surface area contributed by atoms with Crippen LogP contribution in [-0.2, 0) is 10.5 Å². The highest BCUT2D eigenvalue weighted by Crippen LogP contribution is 2.19. The van der Waals surface area contributed by atoms with Crippen LogP contribution in [0.5, 0.6) is 0 Å². The molecule has 3 nitrogen and oxygen atoms in total. The van der Waals surface area contributed by atoms with Gasteiger partial charge >= 0.3 is 0 Å². The van der Waals surface area contributed by atoms with Crippen molar-refractivity contribution in [3.05, 3.63) is 34.9 Å². The number of benzene rings is 1. The minimum Gasteiger partial charge on any atom is -0.368 e. The zero-order valence-electron chi connectivity index (χ0n) is 10.7. The molecule has 1 rings (SSSR count). The van der Waals surface area contributed by atoms with E-state index in [0.29, 0.717) is 5.75 Å². The Kier molecular flexibility index (Phi) is 5.99. The second-order valence-electron chi connectivity index (χ2n) is 4.35. The van der Waals surface area contributed by atoms with Crippen LogP contribution in [0.15, 0.2) is 24.3 Å². The van der Waals surface area contributed by atoms with E-state index in [9.17, 15) is 4.79 Å². The number of hydrogen-bond donors (Lipinski definition) is 2. The molecule has 100 valence electrons. The molecular formula is C13H19ClN2OS. The number of hydrogen-bond acceptors (Lipinski definition) is 3. The van der Waals surface area contributed by atoms with Crippen LogP contribution in [0.25, 0.3) is 0 Å². The van der Waals surface area contributed by atoms with Gasteiger partial charge in [0.15, 0.2) is 0 Å². The van der Waals surface area contributed by atoms with E-state index in [1.54, 1.807) is 11.8 Å². The van der Waals surface area contributed by atoms with Gasteiger partial charge in [-0.15, -0.1) is 0 Å². The standard InChI is InChI=1S/C13H19ClN2OS/c1-3-16-13(2,12(15)17)9-18-8-10-4-6-11(14)7-5-10/h4-7,16H,3,8-9H2,1-2H3,(H2,15,17). The van der Waals surface area contributed by atoms with Crippen molar-refractivity contribution in [1.29, 1.82) is 0 Å². The summed E-state index contributed by atoms with van der Waals surface area (Å²) in [7, 11) is 0. The zero-order valence-corrected chi connectivity index (χ0v) is 12.3. The molecule has 0 radical (unpaired) electrons. The van der Waals surface area contributed by atoms with Crippen LogP contribution in [0.1, 0.15) is 19.4 Å². The summed E-state index contributed by atoms with van der Waals surface area (Å²) in [4.78, 5) is 11.4. The summed E-state index contributed by atoms with van der Waals surface area (Å²) < 4.78 is 0. The third kappa shape index (κ3) is 4.52. The summed E-state index contributed by atoms with van der Waals surface area (Å²) in [5.74, 6) is 1.18. The predicted molar refractivity (Wildman–Crippen MR) is 78.9 cm³/mol. The number of carbonyl (C=O) groups excluding carboxylic acids is 1. The highest BCUT2D eigenvalue weighted by Gasteiger charge is 2.29. The van der Waals surface area contributed by atoms with Gasteiger partial charge in [0.25, 0.3) is 0 Å². The zero-order chi connectivity index (χ0) is 13.6. The maximum absolute atomic E-state index is 11.4. The number of amides is 1. The first kappa shape index (κ1) is 15.3. The largest absolute Gasteiger partial charge is 0.368 e. The van der Waals surface area contributed by atoms with E-state index < -0.39 is 5.54 Å². The molecule has 0 saturated carbocycles. The van der Waals surface area contributed by atoms with Crippen molar-refractivity contribution in [1.82, 2.24) is 5.32 Å². The van der Waals surface area contributed by atoms with Gasteiger partial charge in [-0.3, -0.25) is 4.79 Å². The highest BCUT2D eigenvalue weighted by atomic mass is 35.5. The fourth-order valence-corrected chi connectivity index (χ4v) is 2.86. The van der Waals surface area contributed by atoms with Gasteiger partial charge in [0.05, 0.1) is 0 Å². The minimum atomic E-state index is -0.647. The summed E-state index contributed by atoms with van der Waals surface area (Å²) in [5, 5.41) is 3.87. The summed E-state index contributed by atoms with van der Waals surface area (Å²) >= 11 is 7.50. The Morgan fingerprint density at radius 3 is 2.56 bits per heavy atom. The number of nitrogens with one attached hydrogen (secondary N) is 1. The average molecular weight is 287 g/mol. The molecule has 3 N–H and O–H groups in total. The van der Waals surface area contributed by atoms with Crippen molar-refractivity contribution in [3.63, 3.8) is 0 Å². The van der Waals surface area contributed by atoms with E-state index >= 15 is 0 Å². The molecule has 5 heteroatoms. The Hall–Kier alpha value is -0.710. The first-order valence-electron chi connectivity index (χ1n) is 5.85. The number of primary amides is 1. The van der Waals surface area contributed by atoms with Gasteiger partial charge in [0.2, 0.25) is 5.91 Å². The highest BCUT2D eigenvalue weighted by molar-refractivity contribution is 7.98. The fourth-order valence-electron chi connectivity index (χ4n) is 1.55. The van der Waals surface area contributed by atoms with Crippen molar-refractivity contribution >= 4 is 29.3 Å². The van der Waals surface area contributed by atoms with Crippen molar-refractivity contribution in [3.8, 4) is 0 Å². The van der Waals surface area contributed by atoms with Gasteiger partial charge in [-0.2, -0.15) is 11.8 Å². The molecule has 1 aromatic rings. The molecular weight excluding hydrogens is 268 g/mol. The monoisotopic (exact) mass is 286 g/mol. The Balaban J connectivity index is 2.48. The SMILES string of the molecule is CCNC(C)(CSCc1ccc(Cl)cc1)C(N)=O. The molecule has 0 aliphatic heterocycles. The molecule has 1 aromatic carbocycles. The van der Waals surface area contributed by atoms with Gasteiger partial charge in [0, 0.05) is 16.5 Å². The lowest BCUT2D eigenvalue weighted by Gasteiger charge is -2.26. The van der Waals surface area contributed by atoms with E-state index in [1.165, 1.54) is 5.56 Å². The number of halogens is 1. The first-order chi connectivity index (χ1) is 8.48. The maximum Gasteiger partial charge on any atom is 0.238 e. The molecule has 18 heavy (non-hydrogen) atoms. The molecule has 0 aliphatic rings. The fraction of sp³-hybridized carbons (Fsp3) is 0.462. The Bertz CT molecular complexity index is 396. The molecule has 0 heterocycles. The van der Waals surface area contributed by atoms with Crippen molar-refractivity contribution in [2.45, 2.75) is 25.1 Å². The van der Waals surface area contributed by atoms with Crippen LogP contribution in [0, 0.1) is 0 Å². The van der Waals surface area contributed by atoms with E-state index in [0.717, 1.165) is 17.3 Å². The molecule has 1 unspecified atom stereocenters. The summed E-state index contributed by atoms with van der Waals surface area (Å²) in [5.41, 5.74) is 5.96. The van der Waals surface area contributed by atoms with Crippen LogP contribution in [-0.4, -0.2) is 23.7 Å². The van der Waals surface area contributed by atoms with Crippen molar-refractivity contribution < 1.29 is 4.79 Å². The first-order valence-corrected chi connectivity index (χ1v) is 7.38. The van der Waals surface area contributed by atoms with E-state index in [1.807, 2.05) is 38.1 Å². The molecule has 0 aromatic heterocycles. The Morgan fingerprint density at radius 2 is 2.06 bits per heavy atom. The quantitative estimate of drug-likeness (QED) is 0.809. The molecule has 0 spiro atoms. The minimum absolute atomic E-state index is 0.312. The smallest absolute Gasteiger partial charge is 0.238 e. The number of carbonyl (C=O) groups is 1. The maximum atomic E-state index is 11.4. The van der Waals surface area contributed by atoms with E-state index in [-0.39, 0.29) is 5.91 Å². The van der Waals surface area contributed by atoms with Crippen LogP contribution in [0.3, 0.4) is 0 Å². The van der Waals surface area contributed by atoms with Gasteiger partial charge < -0.3 is 11.1 Å². The lowest BCUT2D eigenvalue weighted by molar-refractivity contribution is -0.122. The summed E-state index contributed by atoms with van der Waals surface area (Å²) in [6.07, 6.45) is 0. The van der Waals surface area contributed by atoms with Crippen molar-refractivity contribution in [2.75, 3.05) is 12.3 Å². The second kappa shape index (κ2) is 7.02. The van der Waals surface area contributed by atoms with Crippen LogP contribution in [0.4, 0.5) is 0 Å². The third-order valence-electron chi connectivity index (χ3n) is 2.68. The van der Waals surface area contributed by atoms with Gasteiger partial charge in [-0.25, -0.2) is 0 Å². The summed E-state index contributed by atoms with van der Waals surface area (Å²) in [6, 6.07) is 7.72. The summed E-state index contributed by atoms with van der Waals surface area (Å²) in [6.45, 7) is 4.53. The molecule has 0 bridgehead atoms. The van der Waals surface area contributed by atoms with Gasteiger partial charge in [-0.1, -0.05) is 30.7 Å². The third-order valence-corrected chi connectivity index (χ3v) is 4.25. The van der Waals surface area contributed by atoms with Crippen LogP contribution in [0.2, 0.25) is 5.02 Å². The Labute approximate surface area is 117 Å². The van der Waals surface area contributed by atoms with Crippen molar-refractivity contribution in [2.24, 2.45) is 5.73 Å². The second-order valence-corrected chi connectivity index (χ2v) is 5.77. The number of likely N-dealkylation sites (N-methyl/N-ethyl adjacent to an activating group) is 1. The molecule has 0 aliphatic carbocycles. The number of nitrogens with two attached hydrogens (primary N) is 1. The molecule has 1 atom stereocenters. The van der Waals surface area contributed by atoms with Crippen LogP contribution >= 0.6 is 23.4 Å². The molecule has 0 saturated heterocycles. The number of thioether (sulfide) groups is 1. The predicted octanol–water partition coefficient (Wildman–Crippen LogP) is 2.43. The molecule has 1 amide bonds. The lowest BCUT2D eigenvalue weighted by Crippen LogP contribution is -2.55. The number of rotatable bonds is 7. The Morgan fingerprint density at radius 1 is 1.44 bits per heavy atom. The van der Waals surface area contributed by atoms with Gasteiger partial charge in [0.1, 0.15) is 5.54 Å². The normalized spacial score (nSPS) is 14.2. The van der Waals surface area contributed by atoms with Gasteiger partial charge in [-0.05, 0) is 31.2 Å². The topological polar surface area (TPSA) is 55.1 Å². The van der Waals surface area contributed by atoms with Crippen LogP contribution < -0.4 is 11.1 Å². The average Bonchev–Trinajstić information content (AvgIpc) is 2.32.